The molecule has 1 heterocycles. The molecule has 1 aromatic heterocycles. The van der Waals surface area contributed by atoms with Gasteiger partial charge in [0.1, 0.15) is 0 Å². The van der Waals surface area contributed by atoms with Gasteiger partial charge < -0.3 is 10.6 Å². The lowest BCUT2D eigenvalue weighted by Crippen LogP contribution is -2.27. The van der Waals surface area contributed by atoms with E-state index in [0.29, 0.717) is 22.6 Å². The van der Waals surface area contributed by atoms with E-state index in [4.69, 9.17) is 0 Å². The predicted octanol–water partition coefficient (Wildman–Crippen LogP) is 3.73. The third-order valence-corrected chi connectivity index (χ3v) is 4.08. The Hall–Kier alpha value is -2.09. The molecule has 0 aliphatic heterocycles. The number of nitrogens with zero attached hydrogens (tertiary/aromatic N) is 1. The summed E-state index contributed by atoms with van der Waals surface area (Å²) >= 11 is 1.25. The second-order valence-corrected chi connectivity index (χ2v) is 6.22. The summed E-state index contributed by atoms with van der Waals surface area (Å²) in [6.07, 6.45) is -2.17. The maximum Gasteiger partial charge on any atom is 0.416 e. The van der Waals surface area contributed by atoms with Gasteiger partial charge in [-0.15, -0.1) is 11.3 Å². The van der Waals surface area contributed by atoms with Gasteiger partial charge in [0.2, 0.25) is 5.91 Å². The van der Waals surface area contributed by atoms with E-state index in [1.165, 1.54) is 23.5 Å². The van der Waals surface area contributed by atoms with E-state index in [1.54, 1.807) is 5.38 Å². The lowest BCUT2D eigenvalue weighted by Gasteiger charge is -2.08. The predicted molar refractivity (Wildman–Crippen MR) is 81.7 cm³/mol. The summed E-state index contributed by atoms with van der Waals surface area (Å²) in [6.45, 7) is 0. The summed E-state index contributed by atoms with van der Waals surface area (Å²) in [6, 6.07) is 5.21. The highest BCUT2D eigenvalue weighted by Crippen LogP contribution is 2.31. The van der Waals surface area contributed by atoms with E-state index < -0.39 is 11.7 Å². The normalized spacial score (nSPS) is 14.6. The van der Waals surface area contributed by atoms with Gasteiger partial charge in [0.05, 0.1) is 17.7 Å². The second-order valence-electron chi connectivity index (χ2n) is 5.37. The Labute approximate surface area is 134 Å². The number of hydrogen-bond acceptors (Lipinski definition) is 4. The van der Waals surface area contributed by atoms with E-state index in [-0.39, 0.29) is 12.3 Å². The Kier molecular flexibility index (Phi) is 4.25. The van der Waals surface area contributed by atoms with Crippen molar-refractivity contribution in [3.63, 3.8) is 0 Å². The van der Waals surface area contributed by atoms with Crippen LogP contribution in [0, 0.1) is 0 Å². The van der Waals surface area contributed by atoms with Crippen LogP contribution in [0.5, 0.6) is 0 Å². The number of rotatable bonds is 5. The second kappa shape index (κ2) is 6.19. The smallest absolute Gasteiger partial charge is 0.353 e. The number of anilines is 2. The third-order valence-electron chi connectivity index (χ3n) is 3.28. The van der Waals surface area contributed by atoms with Crippen LogP contribution in [0.1, 0.15) is 24.1 Å². The van der Waals surface area contributed by atoms with Gasteiger partial charge >= 0.3 is 6.18 Å². The molecule has 0 radical (unpaired) electrons. The monoisotopic (exact) mass is 341 g/mol. The van der Waals surface area contributed by atoms with Gasteiger partial charge in [0.15, 0.2) is 5.13 Å². The molecule has 23 heavy (non-hydrogen) atoms. The van der Waals surface area contributed by atoms with Crippen LogP contribution >= 0.6 is 11.3 Å². The molecule has 2 aromatic rings. The zero-order valence-corrected chi connectivity index (χ0v) is 12.8. The molecular weight excluding hydrogens is 327 g/mol. The Bertz CT molecular complexity index is 710. The first kappa shape index (κ1) is 15.8. The highest BCUT2D eigenvalue weighted by atomic mass is 32.1. The molecular formula is C15H14F3N3OS. The zero-order chi connectivity index (χ0) is 16.4. The largest absolute Gasteiger partial charge is 0.416 e. The number of hydrogen-bond donors (Lipinski definition) is 2. The van der Waals surface area contributed by atoms with Gasteiger partial charge in [0, 0.05) is 17.1 Å². The van der Waals surface area contributed by atoms with Crippen LogP contribution in [-0.2, 0) is 17.4 Å². The number of alkyl halides is 3. The maximum atomic E-state index is 12.7. The summed E-state index contributed by atoms with van der Waals surface area (Å²) in [5, 5.41) is 7.89. The van der Waals surface area contributed by atoms with Crippen molar-refractivity contribution in [3.8, 4) is 0 Å². The molecule has 8 heteroatoms. The number of nitrogens with one attached hydrogen (secondary N) is 2. The van der Waals surface area contributed by atoms with Crippen molar-refractivity contribution in [2.45, 2.75) is 31.5 Å². The number of amides is 1. The molecule has 0 bridgehead atoms. The first-order chi connectivity index (χ1) is 10.9. The fraction of sp³-hybridized carbons (Fsp3) is 0.333. The standard InChI is InChI=1S/C15H14F3N3OS/c16-15(17,18)9-2-1-3-11(6-9)20-14-21-12(8-23-14)7-13(22)19-10-4-5-10/h1-3,6,8,10H,4-5,7H2,(H,19,22)(H,20,21). The first-order valence-electron chi connectivity index (χ1n) is 7.08. The Morgan fingerprint density at radius 1 is 1.35 bits per heavy atom. The van der Waals surface area contributed by atoms with Gasteiger partial charge in [-0.2, -0.15) is 13.2 Å². The van der Waals surface area contributed by atoms with Crippen LogP contribution in [-0.4, -0.2) is 16.9 Å². The van der Waals surface area contributed by atoms with E-state index in [2.05, 4.69) is 15.6 Å². The van der Waals surface area contributed by atoms with Gasteiger partial charge in [-0.05, 0) is 31.0 Å². The molecule has 3 rings (SSSR count). The van der Waals surface area contributed by atoms with Crippen molar-refractivity contribution in [2.24, 2.45) is 0 Å². The maximum absolute atomic E-state index is 12.7. The van der Waals surface area contributed by atoms with Gasteiger partial charge in [-0.1, -0.05) is 6.07 Å². The molecule has 0 unspecified atom stereocenters. The molecule has 1 amide bonds. The molecule has 4 nitrogen and oxygen atoms in total. The molecule has 1 aromatic carbocycles. The van der Waals surface area contributed by atoms with Gasteiger partial charge in [0.25, 0.3) is 0 Å². The van der Waals surface area contributed by atoms with Crippen molar-refractivity contribution in [1.29, 1.82) is 0 Å². The molecule has 2 N–H and O–H groups in total. The molecule has 1 aliphatic carbocycles. The Balaban J connectivity index is 1.63. The minimum atomic E-state index is -4.38. The third kappa shape index (κ3) is 4.44. The summed E-state index contributed by atoms with van der Waals surface area (Å²) < 4.78 is 38.0. The average Bonchev–Trinajstić information content (AvgIpc) is 3.17. The SMILES string of the molecule is O=C(Cc1csc(Nc2cccc(C(F)(F)F)c2)n1)NC1CC1. The summed E-state index contributed by atoms with van der Waals surface area (Å²) in [5.74, 6) is -0.0802. The van der Waals surface area contributed by atoms with E-state index in [9.17, 15) is 18.0 Å². The summed E-state index contributed by atoms with van der Waals surface area (Å²) in [7, 11) is 0. The zero-order valence-electron chi connectivity index (χ0n) is 12.0. The average molecular weight is 341 g/mol. The summed E-state index contributed by atoms with van der Waals surface area (Å²) in [4.78, 5) is 15.9. The highest BCUT2D eigenvalue weighted by molar-refractivity contribution is 7.13. The topological polar surface area (TPSA) is 54.0 Å². The number of carbonyl (C=O) groups is 1. The van der Waals surface area contributed by atoms with Crippen molar-refractivity contribution in [3.05, 3.63) is 40.9 Å². The van der Waals surface area contributed by atoms with Crippen molar-refractivity contribution < 1.29 is 18.0 Å². The lowest BCUT2D eigenvalue weighted by atomic mass is 10.2. The number of thiazole rings is 1. The summed E-state index contributed by atoms with van der Waals surface area (Å²) in [5.41, 5.74) is 0.189. The van der Waals surface area contributed by atoms with E-state index >= 15 is 0 Å². The Morgan fingerprint density at radius 3 is 2.83 bits per heavy atom. The van der Waals surface area contributed by atoms with E-state index in [0.717, 1.165) is 25.0 Å². The van der Waals surface area contributed by atoms with Crippen LogP contribution in [0.4, 0.5) is 24.0 Å². The lowest BCUT2D eigenvalue weighted by molar-refractivity contribution is -0.137. The molecule has 1 saturated carbocycles. The molecule has 1 fully saturated rings. The molecule has 0 atom stereocenters. The van der Waals surface area contributed by atoms with Gasteiger partial charge in [-0.3, -0.25) is 4.79 Å². The Morgan fingerprint density at radius 2 is 2.13 bits per heavy atom. The number of carbonyl (C=O) groups excluding carboxylic acids is 1. The van der Waals surface area contributed by atoms with Crippen molar-refractivity contribution in [2.75, 3.05) is 5.32 Å². The minimum Gasteiger partial charge on any atom is -0.353 e. The van der Waals surface area contributed by atoms with Crippen LogP contribution in [0.15, 0.2) is 29.6 Å². The van der Waals surface area contributed by atoms with E-state index in [1.807, 2.05) is 0 Å². The molecule has 0 spiro atoms. The van der Waals surface area contributed by atoms with Crippen LogP contribution in [0.2, 0.25) is 0 Å². The van der Waals surface area contributed by atoms with Crippen LogP contribution in [0.3, 0.4) is 0 Å². The molecule has 122 valence electrons. The fourth-order valence-corrected chi connectivity index (χ4v) is 2.74. The molecule has 1 aliphatic rings. The van der Waals surface area contributed by atoms with Crippen LogP contribution in [0.25, 0.3) is 0 Å². The number of aromatic nitrogens is 1. The minimum absolute atomic E-state index is 0.0802. The van der Waals surface area contributed by atoms with Gasteiger partial charge in [-0.25, -0.2) is 4.98 Å². The quantitative estimate of drug-likeness (QED) is 0.871. The number of halogens is 3. The molecule has 0 saturated heterocycles. The highest BCUT2D eigenvalue weighted by Gasteiger charge is 2.30. The first-order valence-corrected chi connectivity index (χ1v) is 7.96. The van der Waals surface area contributed by atoms with Crippen molar-refractivity contribution >= 4 is 28.1 Å². The fourth-order valence-electron chi connectivity index (χ4n) is 2.01. The van der Waals surface area contributed by atoms with Crippen molar-refractivity contribution in [1.82, 2.24) is 10.3 Å². The number of benzene rings is 1. The van der Waals surface area contributed by atoms with Crippen LogP contribution < -0.4 is 10.6 Å².